The number of thiazole rings is 1. The molecule has 0 saturated heterocycles. The standard InChI is InChI=1S/C24H22F3N5O2S3/c1-4-32(5-2)24-30-20(21(36-24)18-12-13-28-23(29-18)35-3)14-8-6-11-17(19(14)27)31-37(33,34)22-15(25)9-7-10-16(22)26/h6-13,31H,4-5H2,1-3H3. The summed E-state index contributed by atoms with van der Waals surface area (Å²) < 4.78 is 71.7. The van der Waals surface area contributed by atoms with Gasteiger partial charge in [0.1, 0.15) is 11.6 Å². The predicted octanol–water partition coefficient (Wildman–Crippen LogP) is 6.05. The molecule has 37 heavy (non-hydrogen) atoms. The largest absolute Gasteiger partial charge is 0.349 e. The molecule has 4 aromatic rings. The molecule has 2 aromatic heterocycles. The first-order valence-corrected chi connectivity index (χ1v) is 14.6. The van der Waals surface area contributed by atoms with Crippen LogP contribution in [0.15, 0.2) is 58.7 Å². The van der Waals surface area contributed by atoms with E-state index in [2.05, 4.69) is 15.0 Å². The first kappa shape index (κ1) is 26.9. The molecule has 0 aliphatic rings. The Morgan fingerprint density at radius 3 is 2.32 bits per heavy atom. The topological polar surface area (TPSA) is 88.1 Å². The number of thioether (sulfide) groups is 1. The van der Waals surface area contributed by atoms with E-state index in [0.717, 1.165) is 18.2 Å². The van der Waals surface area contributed by atoms with Crippen molar-refractivity contribution in [1.29, 1.82) is 0 Å². The number of nitrogens with zero attached hydrogens (tertiary/aromatic N) is 4. The highest BCUT2D eigenvalue weighted by molar-refractivity contribution is 7.98. The third-order valence-electron chi connectivity index (χ3n) is 5.38. The highest BCUT2D eigenvalue weighted by atomic mass is 32.2. The minimum atomic E-state index is -4.77. The van der Waals surface area contributed by atoms with Gasteiger partial charge in [-0.3, -0.25) is 4.72 Å². The third-order valence-corrected chi connectivity index (χ3v) is 8.50. The van der Waals surface area contributed by atoms with Crippen LogP contribution in [0.1, 0.15) is 13.8 Å². The van der Waals surface area contributed by atoms with Crippen LogP contribution in [0, 0.1) is 17.5 Å². The summed E-state index contributed by atoms with van der Waals surface area (Å²) >= 11 is 2.68. The molecule has 2 aromatic carbocycles. The lowest BCUT2D eigenvalue weighted by Gasteiger charge is -2.16. The van der Waals surface area contributed by atoms with Crippen LogP contribution in [-0.4, -0.2) is 42.7 Å². The van der Waals surface area contributed by atoms with Gasteiger partial charge in [-0.05, 0) is 50.4 Å². The molecule has 0 spiro atoms. The van der Waals surface area contributed by atoms with Crippen LogP contribution >= 0.6 is 23.1 Å². The van der Waals surface area contributed by atoms with E-state index in [9.17, 15) is 17.2 Å². The molecule has 0 amide bonds. The van der Waals surface area contributed by atoms with Crippen LogP contribution in [0.2, 0.25) is 0 Å². The molecule has 0 saturated carbocycles. The summed E-state index contributed by atoms with van der Waals surface area (Å²) in [6.45, 7) is 5.27. The van der Waals surface area contributed by atoms with Gasteiger partial charge in [0.25, 0.3) is 10.0 Å². The average molecular weight is 566 g/mol. The van der Waals surface area contributed by atoms with Crippen LogP contribution in [0.5, 0.6) is 0 Å². The van der Waals surface area contributed by atoms with Crippen molar-refractivity contribution >= 4 is 43.9 Å². The molecule has 0 aliphatic carbocycles. The smallest absolute Gasteiger partial charge is 0.267 e. The lowest BCUT2D eigenvalue weighted by atomic mass is 10.1. The van der Waals surface area contributed by atoms with Crippen LogP contribution in [-0.2, 0) is 10.0 Å². The summed E-state index contributed by atoms with van der Waals surface area (Å²) in [6.07, 6.45) is 3.43. The van der Waals surface area contributed by atoms with Gasteiger partial charge in [0.05, 0.1) is 22.0 Å². The van der Waals surface area contributed by atoms with Gasteiger partial charge in [0, 0.05) is 24.8 Å². The summed E-state index contributed by atoms with van der Waals surface area (Å²) in [5, 5.41) is 1.16. The monoisotopic (exact) mass is 565 g/mol. The first-order chi connectivity index (χ1) is 17.7. The molecule has 0 atom stereocenters. The van der Waals surface area contributed by atoms with Crippen molar-refractivity contribution in [1.82, 2.24) is 15.0 Å². The molecule has 7 nitrogen and oxygen atoms in total. The van der Waals surface area contributed by atoms with Crippen LogP contribution in [0.3, 0.4) is 0 Å². The van der Waals surface area contributed by atoms with E-state index in [1.807, 2.05) is 29.7 Å². The highest BCUT2D eigenvalue weighted by Gasteiger charge is 2.27. The van der Waals surface area contributed by atoms with Gasteiger partial charge < -0.3 is 4.90 Å². The van der Waals surface area contributed by atoms with Gasteiger partial charge in [-0.25, -0.2) is 36.5 Å². The van der Waals surface area contributed by atoms with E-state index in [1.165, 1.54) is 41.3 Å². The van der Waals surface area contributed by atoms with Gasteiger partial charge in [0.2, 0.25) is 0 Å². The Kier molecular flexibility index (Phi) is 8.05. The van der Waals surface area contributed by atoms with Crippen molar-refractivity contribution in [2.45, 2.75) is 23.9 Å². The molecule has 0 bridgehead atoms. The predicted molar refractivity (Wildman–Crippen MR) is 141 cm³/mol. The van der Waals surface area contributed by atoms with E-state index in [-0.39, 0.29) is 11.3 Å². The molecule has 4 rings (SSSR count). The fourth-order valence-electron chi connectivity index (χ4n) is 3.59. The molecule has 194 valence electrons. The van der Waals surface area contributed by atoms with Crippen molar-refractivity contribution in [2.75, 3.05) is 29.0 Å². The van der Waals surface area contributed by atoms with Gasteiger partial charge in [-0.2, -0.15) is 0 Å². The molecular weight excluding hydrogens is 543 g/mol. The Morgan fingerprint density at radius 2 is 1.68 bits per heavy atom. The maximum atomic E-state index is 15.8. The number of anilines is 2. The number of hydrogen-bond donors (Lipinski definition) is 1. The molecule has 2 heterocycles. The molecule has 0 radical (unpaired) electrons. The number of benzene rings is 2. The van der Waals surface area contributed by atoms with Crippen molar-refractivity contribution in [3.05, 3.63) is 66.1 Å². The van der Waals surface area contributed by atoms with Crippen molar-refractivity contribution in [2.24, 2.45) is 0 Å². The van der Waals surface area contributed by atoms with Gasteiger partial charge in [0.15, 0.2) is 21.0 Å². The van der Waals surface area contributed by atoms with Crippen molar-refractivity contribution in [3.8, 4) is 21.8 Å². The lowest BCUT2D eigenvalue weighted by molar-refractivity contribution is 0.521. The van der Waals surface area contributed by atoms with Crippen molar-refractivity contribution < 1.29 is 21.6 Å². The average Bonchev–Trinajstić information content (AvgIpc) is 3.30. The van der Waals surface area contributed by atoms with Crippen LogP contribution in [0.25, 0.3) is 21.8 Å². The minimum absolute atomic E-state index is 0.00294. The Balaban J connectivity index is 1.85. The second kappa shape index (κ2) is 11.1. The fourth-order valence-corrected chi connectivity index (χ4v) is 6.32. The molecular formula is C24H22F3N5O2S3. The van der Waals surface area contributed by atoms with Gasteiger partial charge >= 0.3 is 0 Å². The lowest BCUT2D eigenvalue weighted by Crippen LogP contribution is -2.21. The second-order valence-electron chi connectivity index (χ2n) is 7.60. The zero-order chi connectivity index (χ0) is 26.7. The van der Waals surface area contributed by atoms with E-state index in [0.29, 0.717) is 33.9 Å². The Bertz CT molecular complexity index is 1520. The molecule has 13 heteroatoms. The van der Waals surface area contributed by atoms with E-state index in [4.69, 9.17) is 0 Å². The molecule has 0 unspecified atom stereocenters. The van der Waals surface area contributed by atoms with Crippen molar-refractivity contribution in [3.63, 3.8) is 0 Å². The molecule has 0 aliphatic heterocycles. The first-order valence-electron chi connectivity index (χ1n) is 11.1. The number of halogens is 3. The third kappa shape index (κ3) is 5.43. The summed E-state index contributed by atoms with van der Waals surface area (Å²) in [5.74, 6) is -3.52. The highest BCUT2D eigenvalue weighted by Crippen LogP contribution is 2.42. The fraction of sp³-hybridized carbons (Fsp3) is 0.208. The SMILES string of the molecule is CCN(CC)c1nc(-c2cccc(NS(=O)(=O)c3c(F)cccc3F)c2F)c(-c2ccnc(SC)n2)s1. The summed E-state index contributed by atoms with van der Waals surface area (Å²) in [6, 6.07) is 8.41. The van der Waals surface area contributed by atoms with Crippen LogP contribution in [0.4, 0.5) is 24.0 Å². The molecule has 0 fully saturated rings. The zero-order valence-electron chi connectivity index (χ0n) is 20.0. The maximum Gasteiger partial charge on any atom is 0.267 e. The van der Waals surface area contributed by atoms with Gasteiger partial charge in [-0.1, -0.05) is 35.2 Å². The number of hydrogen-bond acceptors (Lipinski definition) is 8. The summed E-state index contributed by atoms with van der Waals surface area (Å²) in [7, 11) is -4.77. The maximum absolute atomic E-state index is 15.8. The number of rotatable bonds is 9. The van der Waals surface area contributed by atoms with E-state index >= 15 is 4.39 Å². The van der Waals surface area contributed by atoms with Crippen LogP contribution < -0.4 is 9.62 Å². The zero-order valence-corrected chi connectivity index (χ0v) is 22.4. The van der Waals surface area contributed by atoms with Gasteiger partial charge in [-0.15, -0.1) is 0 Å². The summed E-state index contributed by atoms with van der Waals surface area (Å²) in [4.78, 5) is 14.8. The number of aromatic nitrogens is 3. The normalized spacial score (nSPS) is 11.5. The number of sulfonamides is 1. The summed E-state index contributed by atoms with van der Waals surface area (Å²) in [5.41, 5.74) is 0.316. The Morgan fingerprint density at radius 1 is 1.00 bits per heavy atom. The molecule has 1 N–H and O–H groups in total. The Labute approximate surface area is 220 Å². The van der Waals surface area contributed by atoms with E-state index < -0.39 is 38.1 Å². The number of nitrogens with one attached hydrogen (secondary N) is 1. The van der Waals surface area contributed by atoms with E-state index in [1.54, 1.807) is 12.3 Å². The quantitative estimate of drug-likeness (QED) is 0.195. The minimum Gasteiger partial charge on any atom is -0.349 e. The Hall–Kier alpha value is -3.16. The second-order valence-corrected chi connectivity index (χ2v) is 11.0.